The molecule has 0 unspecified atom stereocenters. The van der Waals surface area contributed by atoms with E-state index in [1.807, 2.05) is 23.6 Å². The number of halogens is 1. The Morgan fingerprint density at radius 3 is 3.08 bits per heavy atom. The van der Waals surface area contributed by atoms with Crippen molar-refractivity contribution in [2.45, 2.75) is 29.8 Å². The molecule has 9 heteroatoms. The number of rotatable bonds is 6. The van der Waals surface area contributed by atoms with Crippen LogP contribution in [-0.2, 0) is 5.75 Å². The van der Waals surface area contributed by atoms with E-state index in [4.69, 9.17) is 9.72 Å². The summed E-state index contributed by atoms with van der Waals surface area (Å²) >= 11 is 6.61. The molecular weight excluding hydrogens is 424 g/mol. The van der Waals surface area contributed by atoms with Gasteiger partial charge in [0, 0.05) is 21.6 Å². The molecule has 0 atom stereocenters. The van der Waals surface area contributed by atoms with Gasteiger partial charge in [0.15, 0.2) is 5.16 Å². The molecule has 0 aliphatic heterocycles. The highest BCUT2D eigenvalue weighted by atomic mass is 79.9. The summed E-state index contributed by atoms with van der Waals surface area (Å²) in [7, 11) is 1.66. The first kappa shape index (κ1) is 16.9. The fourth-order valence-corrected chi connectivity index (χ4v) is 4.74. The lowest BCUT2D eigenvalue weighted by atomic mass is 10.2. The molecule has 2 aromatic heterocycles. The fraction of sp³-hybridized carbons (Fsp3) is 0.312. The number of hydrogen-bond donors (Lipinski definition) is 1. The average molecular weight is 439 g/mol. The van der Waals surface area contributed by atoms with E-state index in [2.05, 4.69) is 26.1 Å². The largest absolute Gasteiger partial charge is 0.496 e. The van der Waals surface area contributed by atoms with E-state index in [0.29, 0.717) is 11.8 Å². The molecule has 1 aromatic carbocycles. The maximum atomic E-state index is 11.8. The molecule has 25 heavy (non-hydrogen) atoms. The number of ether oxygens (including phenoxy) is 1. The number of nitrogens with zero attached hydrogens (tertiary/aromatic N) is 3. The molecule has 1 saturated carbocycles. The van der Waals surface area contributed by atoms with Crippen molar-refractivity contribution in [3.05, 3.63) is 44.2 Å². The highest BCUT2D eigenvalue weighted by Crippen LogP contribution is 2.38. The monoisotopic (exact) mass is 438 g/mol. The molecule has 6 nitrogen and oxygen atoms in total. The van der Waals surface area contributed by atoms with Gasteiger partial charge >= 0.3 is 5.69 Å². The van der Waals surface area contributed by atoms with Crippen molar-refractivity contribution in [3.8, 4) is 16.3 Å². The van der Waals surface area contributed by atoms with E-state index >= 15 is 0 Å². The standard InChI is InChI=1S/C16H15BrN4O2S2/c1-23-13-5-2-9(17)6-12(13)14-18-10(7-24-14)8-25-16-20-19-15(22)21(16)11-3-4-11/h2,5-7,11H,3-4,8H2,1H3,(H,19,22). The van der Waals surface area contributed by atoms with Gasteiger partial charge in [-0.05, 0) is 31.0 Å². The number of benzene rings is 1. The molecule has 130 valence electrons. The van der Waals surface area contributed by atoms with Gasteiger partial charge < -0.3 is 4.74 Å². The van der Waals surface area contributed by atoms with Crippen molar-refractivity contribution >= 4 is 39.0 Å². The van der Waals surface area contributed by atoms with Crippen molar-refractivity contribution in [1.82, 2.24) is 19.7 Å². The molecule has 0 spiro atoms. The van der Waals surface area contributed by atoms with Crippen LogP contribution in [0.15, 0.2) is 38.0 Å². The summed E-state index contributed by atoms with van der Waals surface area (Å²) in [5.41, 5.74) is 1.81. The van der Waals surface area contributed by atoms with Gasteiger partial charge in [-0.1, -0.05) is 27.7 Å². The molecule has 0 bridgehead atoms. The lowest BCUT2D eigenvalue weighted by Crippen LogP contribution is -2.16. The third-order valence-corrected chi connectivity index (χ3v) is 6.28. The minimum absolute atomic E-state index is 0.122. The van der Waals surface area contributed by atoms with Crippen LogP contribution in [0.2, 0.25) is 0 Å². The summed E-state index contributed by atoms with van der Waals surface area (Å²) in [5, 5.41) is 10.4. The fourth-order valence-electron chi connectivity index (χ4n) is 2.53. The zero-order chi connectivity index (χ0) is 17.4. The highest BCUT2D eigenvalue weighted by molar-refractivity contribution is 9.10. The first-order valence-corrected chi connectivity index (χ1v) is 10.4. The van der Waals surface area contributed by atoms with Crippen molar-refractivity contribution in [2.75, 3.05) is 7.11 Å². The van der Waals surface area contributed by atoms with Crippen LogP contribution in [0.1, 0.15) is 24.6 Å². The second-order valence-corrected chi connectivity index (χ2v) is 8.41. The van der Waals surface area contributed by atoms with Crippen LogP contribution in [0.5, 0.6) is 5.75 Å². The number of aromatic amines is 1. The molecule has 1 aliphatic carbocycles. The van der Waals surface area contributed by atoms with E-state index in [-0.39, 0.29) is 5.69 Å². The topological polar surface area (TPSA) is 72.8 Å². The maximum Gasteiger partial charge on any atom is 0.344 e. The number of H-pyrrole nitrogens is 1. The molecule has 0 saturated heterocycles. The predicted octanol–water partition coefficient (Wildman–Crippen LogP) is 4.09. The van der Waals surface area contributed by atoms with Gasteiger partial charge in [0.2, 0.25) is 0 Å². The highest BCUT2D eigenvalue weighted by Gasteiger charge is 2.28. The summed E-state index contributed by atoms with van der Waals surface area (Å²) in [6, 6.07) is 6.19. The summed E-state index contributed by atoms with van der Waals surface area (Å²) in [6.07, 6.45) is 2.10. The minimum Gasteiger partial charge on any atom is -0.496 e. The number of methoxy groups -OCH3 is 1. The Hall–Kier alpha value is -1.58. The van der Waals surface area contributed by atoms with Crippen LogP contribution < -0.4 is 10.4 Å². The Bertz CT molecular complexity index is 961. The van der Waals surface area contributed by atoms with Crippen molar-refractivity contribution < 1.29 is 4.74 Å². The van der Waals surface area contributed by atoms with E-state index in [0.717, 1.165) is 44.5 Å². The summed E-state index contributed by atoms with van der Waals surface area (Å²) < 4.78 is 8.18. The van der Waals surface area contributed by atoms with Crippen LogP contribution in [0.4, 0.5) is 0 Å². The molecule has 4 rings (SSSR count). The molecule has 2 heterocycles. The second kappa shape index (κ2) is 6.97. The summed E-state index contributed by atoms with van der Waals surface area (Å²) in [5.74, 6) is 1.47. The predicted molar refractivity (Wildman–Crippen MR) is 102 cm³/mol. The van der Waals surface area contributed by atoms with Crippen molar-refractivity contribution in [2.24, 2.45) is 0 Å². The minimum atomic E-state index is -0.122. The Morgan fingerprint density at radius 2 is 2.32 bits per heavy atom. The molecule has 0 amide bonds. The molecule has 1 N–H and O–H groups in total. The van der Waals surface area contributed by atoms with Crippen LogP contribution in [-0.4, -0.2) is 26.9 Å². The van der Waals surface area contributed by atoms with Crippen LogP contribution in [0, 0.1) is 0 Å². The van der Waals surface area contributed by atoms with E-state index in [9.17, 15) is 4.79 Å². The van der Waals surface area contributed by atoms with E-state index in [1.165, 1.54) is 11.8 Å². The number of aromatic nitrogens is 4. The van der Waals surface area contributed by atoms with Gasteiger partial charge in [0.05, 0.1) is 18.4 Å². The lowest BCUT2D eigenvalue weighted by molar-refractivity contribution is 0.416. The Kier molecular flexibility index (Phi) is 4.70. The Morgan fingerprint density at radius 1 is 1.48 bits per heavy atom. The third-order valence-electron chi connectivity index (χ3n) is 3.88. The molecular formula is C16H15BrN4O2S2. The summed E-state index contributed by atoms with van der Waals surface area (Å²) in [6.45, 7) is 0. The normalized spacial score (nSPS) is 14.0. The number of thiazole rings is 1. The molecule has 0 radical (unpaired) electrons. The van der Waals surface area contributed by atoms with Gasteiger partial charge in [0.25, 0.3) is 0 Å². The smallest absolute Gasteiger partial charge is 0.344 e. The maximum absolute atomic E-state index is 11.8. The first-order chi connectivity index (χ1) is 12.2. The summed E-state index contributed by atoms with van der Waals surface area (Å²) in [4.78, 5) is 16.5. The molecule has 3 aromatic rings. The lowest BCUT2D eigenvalue weighted by Gasteiger charge is -2.06. The van der Waals surface area contributed by atoms with Crippen molar-refractivity contribution in [3.63, 3.8) is 0 Å². The van der Waals surface area contributed by atoms with Gasteiger partial charge in [-0.15, -0.1) is 16.4 Å². The SMILES string of the molecule is COc1ccc(Br)cc1-c1nc(CSc2n[nH]c(=O)n2C2CC2)cs1. The van der Waals surface area contributed by atoms with Crippen LogP contribution >= 0.6 is 39.0 Å². The van der Waals surface area contributed by atoms with Crippen molar-refractivity contribution in [1.29, 1.82) is 0 Å². The van der Waals surface area contributed by atoms with Gasteiger partial charge in [-0.2, -0.15) is 0 Å². The number of hydrogen-bond acceptors (Lipinski definition) is 6. The van der Waals surface area contributed by atoms with Gasteiger partial charge in [-0.25, -0.2) is 14.9 Å². The van der Waals surface area contributed by atoms with Crippen LogP contribution in [0.3, 0.4) is 0 Å². The quantitative estimate of drug-likeness (QED) is 0.586. The van der Waals surface area contributed by atoms with E-state index in [1.54, 1.807) is 23.0 Å². The molecule has 1 aliphatic rings. The Labute approximate surface area is 160 Å². The number of thioether (sulfide) groups is 1. The number of nitrogens with one attached hydrogen (secondary N) is 1. The average Bonchev–Trinajstić information content (AvgIpc) is 3.21. The Balaban J connectivity index is 1.53. The second-order valence-electron chi connectivity index (χ2n) is 5.69. The van der Waals surface area contributed by atoms with E-state index < -0.39 is 0 Å². The van der Waals surface area contributed by atoms with Gasteiger partial charge in [0.1, 0.15) is 10.8 Å². The molecule has 1 fully saturated rings. The first-order valence-electron chi connectivity index (χ1n) is 7.73. The third kappa shape index (κ3) is 3.54. The van der Waals surface area contributed by atoms with Crippen LogP contribution in [0.25, 0.3) is 10.6 Å². The zero-order valence-electron chi connectivity index (χ0n) is 13.4. The zero-order valence-corrected chi connectivity index (χ0v) is 16.6. The van der Waals surface area contributed by atoms with Gasteiger partial charge in [-0.3, -0.25) is 4.57 Å².